The first kappa shape index (κ1) is 16.2. The van der Waals surface area contributed by atoms with Gasteiger partial charge in [0, 0.05) is 12.5 Å². The van der Waals surface area contributed by atoms with Crippen molar-refractivity contribution in [1.82, 2.24) is 5.32 Å². The third-order valence-electron chi connectivity index (χ3n) is 2.89. The van der Waals surface area contributed by atoms with Crippen LogP contribution >= 0.6 is 0 Å². The summed E-state index contributed by atoms with van der Waals surface area (Å²) >= 11 is 0. The standard InChI is InChI=1S/C14H21NO5/c1-9(2)6-12(14(18)19)15-10(8-13(16)17)7-11-4-3-5-20-11/h3-5,9-10,12,15H,6-8H2,1-2H3,(H,16,17)(H,18,19). The molecule has 0 aliphatic carbocycles. The van der Waals surface area contributed by atoms with E-state index in [0.29, 0.717) is 18.6 Å². The Labute approximate surface area is 117 Å². The predicted molar refractivity (Wildman–Crippen MR) is 72.5 cm³/mol. The van der Waals surface area contributed by atoms with Crippen molar-refractivity contribution in [2.75, 3.05) is 0 Å². The highest BCUT2D eigenvalue weighted by Crippen LogP contribution is 2.11. The summed E-state index contributed by atoms with van der Waals surface area (Å²) in [5.41, 5.74) is 0. The Morgan fingerprint density at radius 3 is 2.50 bits per heavy atom. The lowest BCUT2D eigenvalue weighted by atomic mass is 10.0. The zero-order chi connectivity index (χ0) is 15.1. The average molecular weight is 283 g/mol. The van der Waals surface area contributed by atoms with Gasteiger partial charge in [-0.25, -0.2) is 0 Å². The Morgan fingerprint density at radius 2 is 2.05 bits per heavy atom. The maximum absolute atomic E-state index is 11.2. The van der Waals surface area contributed by atoms with Gasteiger partial charge in [0.15, 0.2) is 0 Å². The maximum Gasteiger partial charge on any atom is 0.320 e. The Hall–Kier alpha value is -1.82. The van der Waals surface area contributed by atoms with Gasteiger partial charge in [-0.2, -0.15) is 0 Å². The molecule has 0 saturated heterocycles. The molecule has 1 aromatic heterocycles. The quantitative estimate of drug-likeness (QED) is 0.638. The molecule has 3 N–H and O–H groups in total. The number of hydrogen-bond acceptors (Lipinski definition) is 4. The van der Waals surface area contributed by atoms with Crippen molar-refractivity contribution in [1.29, 1.82) is 0 Å². The third kappa shape index (κ3) is 5.88. The summed E-state index contributed by atoms with van der Waals surface area (Å²) in [6.07, 6.45) is 2.16. The molecule has 1 rings (SSSR count). The largest absolute Gasteiger partial charge is 0.481 e. The average Bonchev–Trinajstić information content (AvgIpc) is 2.79. The number of aliphatic carboxylic acids is 2. The number of rotatable bonds is 9. The number of furan rings is 1. The minimum Gasteiger partial charge on any atom is -0.481 e. The van der Waals surface area contributed by atoms with Crippen molar-refractivity contribution >= 4 is 11.9 Å². The molecule has 0 spiro atoms. The van der Waals surface area contributed by atoms with Gasteiger partial charge in [-0.05, 0) is 24.5 Å². The van der Waals surface area contributed by atoms with E-state index in [1.54, 1.807) is 12.1 Å². The molecular weight excluding hydrogens is 262 g/mol. The minimum atomic E-state index is -0.970. The lowest BCUT2D eigenvalue weighted by molar-refractivity contribution is -0.142. The van der Waals surface area contributed by atoms with Crippen LogP contribution in [0.25, 0.3) is 0 Å². The first-order valence-electron chi connectivity index (χ1n) is 6.61. The molecule has 112 valence electrons. The number of carboxylic acids is 2. The number of hydrogen-bond donors (Lipinski definition) is 3. The lowest BCUT2D eigenvalue weighted by Gasteiger charge is -2.22. The molecule has 0 aromatic carbocycles. The van der Waals surface area contributed by atoms with Crippen molar-refractivity contribution < 1.29 is 24.2 Å². The molecule has 0 radical (unpaired) electrons. The highest BCUT2D eigenvalue weighted by molar-refractivity contribution is 5.73. The van der Waals surface area contributed by atoms with Crippen LogP contribution in [0.2, 0.25) is 0 Å². The Bertz CT molecular complexity index is 427. The van der Waals surface area contributed by atoms with Crippen LogP contribution in [-0.2, 0) is 16.0 Å². The van der Waals surface area contributed by atoms with Gasteiger partial charge in [-0.15, -0.1) is 0 Å². The van der Waals surface area contributed by atoms with Crippen LogP contribution in [0.5, 0.6) is 0 Å². The maximum atomic E-state index is 11.2. The molecule has 0 bridgehead atoms. The molecule has 6 heteroatoms. The first-order chi connectivity index (χ1) is 9.38. The predicted octanol–water partition coefficient (Wildman–Crippen LogP) is 1.75. The molecular formula is C14H21NO5. The van der Waals surface area contributed by atoms with E-state index < -0.39 is 24.0 Å². The Kier molecular flexibility index (Phi) is 6.24. The van der Waals surface area contributed by atoms with Gasteiger partial charge < -0.3 is 19.9 Å². The molecule has 0 saturated carbocycles. The summed E-state index contributed by atoms with van der Waals surface area (Å²) in [4.78, 5) is 22.1. The van der Waals surface area contributed by atoms with Crippen molar-refractivity contribution in [3.8, 4) is 0 Å². The summed E-state index contributed by atoms with van der Waals surface area (Å²) in [5, 5.41) is 21.0. The molecule has 0 amide bonds. The van der Waals surface area contributed by atoms with Gasteiger partial charge in [0.25, 0.3) is 0 Å². The van der Waals surface area contributed by atoms with Crippen molar-refractivity contribution in [2.24, 2.45) is 5.92 Å². The zero-order valence-corrected chi connectivity index (χ0v) is 11.7. The lowest BCUT2D eigenvalue weighted by Crippen LogP contribution is -2.45. The normalized spacial score (nSPS) is 14.2. The van der Waals surface area contributed by atoms with Crippen LogP contribution in [0.15, 0.2) is 22.8 Å². The molecule has 1 heterocycles. The van der Waals surface area contributed by atoms with E-state index in [-0.39, 0.29) is 12.3 Å². The van der Waals surface area contributed by atoms with Gasteiger partial charge in [0.05, 0.1) is 12.7 Å². The number of carboxylic acid groups (broad SMARTS) is 2. The topological polar surface area (TPSA) is 99.8 Å². The van der Waals surface area contributed by atoms with Crippen molar-refractivity contribution in [3.05, 3.63) is 24.2 Å². The molecule has 2 atom stereocenters. The molecule has 0 aliphatic heterocycles. The fourth-order valence-corrected chi connectivity index (χ4v) is 2.07. The van der Waals surface area contributed by atoms with Gasteiger partial charge >= 0.3 is 11.9 Å². The van der Waals surface area contributed by atoms with E-state index in [2.05, 4.69) is 5.32 Å². The SMILES string of the molecule is CC(C)CC(NC(CC(=O)O)Cc1ccco1)C(=O)O. The van der Waals surface area contributed by atoms with Gasteiger partial charge in [0.1, 0.15) is 11.8 Å². The van der Waals surface area contributed by atoms with Crippen LogP contribution in [0, 0.1) is 5.92 Å². The highest BCUT2D eigenvalue weighted by atomic mass is 16.4. The summed E-state index contributed by atoms with van der Waals surface area (Å²) in [5.74, 6) is -1.09. The van der Waals surface area contributed by atoms with Gasteiger partial charge in [0.2, 0.25) is 0 Å². The van der Waals surface area contributed by atoms with Gasteiger partial charge in [-0.1, -0.05) is 13.8 Å². The van der Waals surface area contributed by atoms with Crippen LogP contribution in [0.4, 0.5) is 0 Å². The summed E-state index contributed by atoms with van der Waals surface area (Å²) in [6, 6.07) is 2.23. The molecule has 20 heavy (non-hydrogen) atoms. The second-order valence-electron chi connectivity index (χ2n) is 5.27. The highest BCUT2D eigenvalue weighted by Gasteiger charge is 2.24. The third-order valence-corrected chi connectivity index (χ3v) is 2.89. The Morgan fingerprint density at radius 1 is 1.35 bits per heavy atom. The smallest absolute Gasteiger partial charge is 0.320 e. The van der Waals surface area contributed by atoms with E-state index in [4.69, 9.17) is 9.52 Å². The van der Waals surface area contributed by atoms with E-state index in [1.807, 2.05) is 13.8 Å². The zero-order valence-electron chi connectivity index (χ0n) is 11.7. The molecule has 1 aromatic rings. The monoisotopic (exact) mass is 283 g/mol. The van der Waals surface area contributed by atoms with Crippen LogP contribution in [0.3, 0.4) is 0 Å². The Balaban J connectivity index is 2.70. The summed E-state index contributed by atoms with van der Waals surface area (Å²) < 4.78 is 5.19. The van der Waals surface area contributed by atoms with Crippen LogP contribution in [-0.4, -0.2) is 34.2 Å². The van der Waals surface area contributed by atoms with Crippen LogP contribution in [0.1, 0.15) is 32.4 Å². The minimum absolute atomic E-state index is 0.150. The second-order valence-corrected chi connectivity index (χ2v) is 5.27. The van der Waals surface area contributed by atoms with E-state index in [0.717, 1.165) is 0 Å². The van der Waals surface area contributed by atoms with Crippen LogP contribution < -0.4 is 5.32 Å². The first-order valence-corrected chi connectivity index (χ1v) is 6.61. The van der Waals surface area contributed by atoms with E-state index in [9.17, 15) is 14.7 Å². The fraction of sp³-hybridized carbons (Fsp3) is 0.571. The van der Waals surface area contributed by atoms with Crippen molar-refractivity contribution in [2.45, 2.75) is 45.2 Å². The van der Waals surface area contributed by atoms with Crippen molar-refractivity contribution in [3.63, 3.8) is 0 Å². The number of carbonyl (C=O) groups is 2. The molecule has 2 unspecified atom stereocenters. The van der Waals surface area contributed by atoms with E-state index in [1.165, 1.54) is 6.26 Å². The molecule has 6 nitrogen and oxygen atoms in total. The molecule has 0 fully saturated rings. The fourth-order valence-electron chi connectivity index (χ4n) is 2.07. The second kappa shape index (κ2) is 7.69. The number of nitrogens with one attached hydrogen (secondary N) is 1. The van der Waals surface area contributed by atoms with E-state index >= 15 is 0 Å². The summed E-state index contributed by atoms with van der Waals surface area (Å²) in [6.45, 7) is 3.85. The molecule has 0 aliphatic rings. The summed E-state index contributed by atoms with van der Waals surface area (Å²) in [7, 11) is 0. The van der Waals surface area contributed by atoms with Gasteiger partial charge in [-0.3, -0.25) is 9.59 Å².